The van der Waals surface area contributed by atoms with E-state index in [4.69, 9.17) is 5.73 Å². The van der Waals surface area contributed by atoms with Crippen LogP contribution in [0, 0.1) is 0 Å². The molecule has 0 unspecified atom stereocenters. The Morgan fingerprint density at radius 3 is 2.56 bits per heavy atom. The molecule has 12 heteroatoms. The molecule has 1 saturated heterocycles. The fraction of sp³-hybridized carbons (Fsp3) is 0.318. The van der Waals surface area contributed by atoms with E-state index in [2.05, 4.69) is 20.2 Å². The molecule has 0 radical (unpaired) electrons. The van der Waals surface area contributed by atoms with Gasteiger partial charge in [0.1, 0.15) is 4.90 Å². The van der Waals surface area contributed by atoms with E-state index in [1.54, 1.807) is 18.2 Å². The quantitative estimate of drug-likeness (QED) is 0.377. The van der Waals surface area contributed by atoms with Crippen molar-refractivity contribution in [3.05, 3.63) is 42.1 Å². The SMILES string of the molecule is CN1CCN(S(=O)(=O)c2ccc(-c3c(O)[nH]c4ccc(C(=O)NCCC(N)=O)cc34)nc2)CC1. The lowest BCUT2D eigenvalue weighted by molar-refractivity contribution is -0.117. The highest BCUT2D eigenvalue weighted by Gasteiger charge is 2.28. The first-order chi connectivity index (χ1) is 16.2. The topological polar surface area (TPSA) is 162 Å². The number of carbonyl (C=O) groups excluding carboxylic acids is 2. The van der Waals surface area contributed by atoms with E-state index >= 15 is 0 Å². The number of rotatable bonds is 7. The Bertz CT molecular complexity index is 1330. The van der Waals surface area contributed by atoms with Crippen molar-refractivity contribution in [2.75, 3.05) is 39.8 Å². The summed E-state index contributed by atoms with van der Waals surface area (Å²) in [7, 11) is -1.72. The number of carbonyl (C=O) groups is 2. The molecular weight excluding hydrogens is 460 g/mol. The van der Waals surface area contributed by atoms with Crippen LogP contribution in [0.25, 0.3) is 22.2 Å². The average molecular weight is 487 g/mol. The zero-order valence-corrected chi connectivity index (χ0v) is 19.4. The van der Waals surface area contributed by atoms with Gasteiger partial charge in [0.15, 0.2) is 5.88 Å². The predicted molar refractivity (Wildman–Crippen MR) is 126 cm³/mol. The number of sulfonamides is 1. The molecule has 5 N–H and O–H groups in total. The van der Waals surface area contributed by atoms with Gasteiger partial charge in [0, 0.05) is 61.8 Å². The molecule has 3 heterocycles. The van der Waals surface area contributed by atoms with E-state index in [0.29, 0.717) is 53.9 Å². The van der Waals surface area contributed by atoms with Gasteiger partial charge in [-0.15, -0.1) is 0 Å². The Balaban J connectivity index is 1.61. The van der Waals surface area contributed by atoms with Crippen LogP contribution in [-0.4, -0.2) is 84.3 Å². The molecule has 0 bridgehead atoms. The highest BCUT2D eigenvalue weighted by molar-refractivity contribution is 7.89. The van der Waals surface area contributed by atoms with Gasteiger partial charge in [-0.1, -0.05) is 0 Å². The second kappa shape index (κ2) is 9.41. The van der Waals surface area contributed by atoms with Crippen molar-refractivity contribution in [3.8, 4) is 17.1 Å². The van der Waals surface area contributed by atoms with Crippen LogP contribution in [0.4, 0.5) is 0 Å². The molecular formula is C22H26N6O5S. The molecule has 4 rings (SSSR count). The molecule has 0 saturated carbocycles. The van der Waals surface area contributed by atoms with Crippen molar-refractivity contribution in [1.29, 1.82) is 0 Å². The lowest BCUT2D eigenvalue weighted by Gasteiger charge is -2.31. The number of nitrogens with zero attached hydrogens (tertiary/aromatic N) is 3. The Hall–Kier alpha value is -3.48. The fourth-order valence-corrected chi connectivity index (χ4v) is 5.21. The zero-order valence-electron chi connectivity index (χ0n) is 18.6. The summed E-state index contributed by atoms with van der Waals surface area (Å²) in [6.07, 6.45) is 1.30. The zero-order chi connectivity index (χ0) is 24.5. The molecule has 0 spiro atoms. The summed E-state index contributed by atoms with van der Waals surface area (Å²) >= 11 is 0. The van der Waals surface area contributed by atoms with Gasteiger partial charge in [0.2, 0.25) is 15.9 Å². The maximum absolute atomic E-state index is 13.0. The number of hydrogen-bond donors (Lipinski definition) is 4. The summed E-state index contributed by atoms with van der Waals surface area (Å²) in [5.74, 6) is -1.06. The summed E-state index contributed by atoms with van der Waals surface area (Å²) in [6, 6.07) is 7.82. The van der Waals surface area contributed by atoms with E-state index in [9.17, 15) is 23.1 Å². The third kappa shape index (κ3) is 4.74. The number of aromatic nitrogens is 2. The second-order valence-electron chi connectivity index (χ2n) is 8.17. The van der Waals surface area contributed by atoms with Crippen molar-refractivity contribution in [2.24, 2.45) is 5.73 Å². The lowest BCUT2D eigenvalue weighted by atomic mass is 10.1. The Morgan fingerprint density at radius 1 is 1.18 bits per heavy atom. The number of nitrogens with one attached hydrogen (secondary N) is 2. The molecule has 1 aromatic carbocycles. The number of nitrogens with two attached hydrogens (primary N) is 1. The normalized spacial score (nSPS) is 15.4. The van der Waals surface area contributed by atoms with Crippen LogP contribution < -0.4 is 11.1 Å². The van der Waals surface area contributed by atoms with Gasteiger partial charge in [-0.25, -0.2) is 8.42 Å². The Morgan fingerprint density at radius 2 is 1.91 bits per heavy atom. The number of hydrogen-bond acceptors (Lipinski definition) is 7. The molecule has 2 aromatic heterocycles. The molecule has 2 amide bonds. The molecule has 1 fully saturated rings. The molecule has 0 atom stereocenters. The second-order valence-corrected chi connectivity index (χ2v) is 10.1. The van der Waals surface area contributed by atoms with Crippen LogP contribution >= 0.6 is 0 Å². The van der Waals surface area contributed by atoms with Gasteiger partial charge < -0.3 is 26.0 Å². The number of H-pyrrole nitrogens is 1. The summed E-state index contributed by atoms with van der Waals surface area (Å²) in [5.41, 5.74) is 6.71. The minimum Gasteiger partial charge on any atom is -0.494 e. The Kier molecular flexibility index (Phi) is 6.55. The monoisotopic (exact) mass is 486 g/mol. The summed E-state index contributed by atoms with van der Waals surface area (Å²) in [5, 5.41) is 13.7. The number of benzene rings is 1. The average Bonchev–Trinajstić information content (AvgIpc) is 3.14. The van der Waals surface area contributed by atoms with Crippen molar-refractivity contribution < 1.29 is 23.1 Å². The van der Waals surface area contributed by atoms with Crippen LogP contribution in [-0.2, 0) is 14.8 Å². The fourth-order valence-electron chi connectivity index (χ4n) is 3.84. The molecule has 3 aromatic rings. The minimum atomic E-state index is -3.67. The smallest absolute Gasteiger partial charge is 0.251 e. The van der Waals surface area contributed by atoms with E-state index in [-0.39, 0.29) is 23.7 Å². The van der Waals surface area contributed by atoms with Gasteiger partial charge in [0.05, 0.1) is 11.3 Å². The molecule has 0 aliphatic carbocycles. The van der Waals surface area contributed by atoms with Gasteiger partial charge >= 0.3 is 0 Å². The van der Waals surface area contributed by atoms with E-state index in [1.165, 1.54) is 22.6 Å². The maximum atomic E-state index is 13.0. The number of piperazine rings is 1. The van der Waals surface area contributed by atoms with E-state index < -0.39 is 21.8 Å². The maximum Gasteiger partial charge on any atom is 0.251 e. The first-order valence-electron chi connectivity index (χ1n) is 10.7. The van der Waals surface area contributed by atoms with Crippen molar-refractivity contribution in [1.82, 2.24) is 24.5 Å². The number of pyridine rings is 1. The van der Waals surface area contributed by atoms with E-state index in [1.807, 2.05) is 7.05 Å². The van der Waals surface area contributed by atoms with Crippen LogP contribution in [0.1, 0.15) is 16.8 Å². The summed E-state index contributed by atoms with van der Waals surface area (Å²) in [6.45, 7) is 2.25. The van der Waals surface area contributed by atoms with Gasteiger partial charge in [0.25, 0.3) is 5.91 Å². The lowest BCUT2D eigenvalue weighted by Crippen LogP contribution is -2.47. The summed E-state index contributed by atoms with van der Waals surface area (Å²) < 4.78 is 27.4. The highest BCUT2D eigenvalue weighted by atomic mass is 32.2. The first kappa shape index (κ1) is 23.7. The summed E-state index contributed by atoms with van der Waals surface area (Å²) in [4.78, 5) is 32.6. The third-order valence-corrected chi connectivity index (χ3v) is 7.67. The minimum absolute atomic E-state index is 0.0253. The van der Waals surface area contributed by atoms with Gasteiger partial charge in [-0.2, -0.15) is 4.31 Å². The van der Waals surface area contributed by atoms with Crippen LogP contribution in [0.3, 0.4) is 0 Å². The largest absolute Gasteiger partial charge is 0.494 e. The number of aromatic hydroxyl groups is 1. The van der Waals surface area contributed by atoms with Crippen LogP contribution in [0.15, 0.2) is 41.4 Å². The predicted octanol–water partition coefficient (Wildman–Crippen LogP) is 0.477. The number of primary amides is 1. The highest BCUT2D eigenvalue weighted by Crippen LogP contribution is 2.36. The van der Waals surface area contributed by atoms with Crippen LogP contribution in [0.2, 0.25) is 0 Å². The molecule has 180 valence electrons. The standard InChI is InChI=1S/C22H26N6O5S/c1-27-8-10-28(11-9-27)34(32,33)15-3-5-18(25-13-15)20-16-12-14(2-4-17(16)26-22(20)31)21(30)24-7-6-19(23)29/h2-5,12-13,26,31H,6-11H2,1H3,(H2,23,29)(H,24,30). The Labute approximate surface area is 196 Å². The van der Waals surface area contributed by atoms with Crippen LogP contribution in [0.5, 0.6) is 5.88 Å². The number of likely N-dealkylation sites (N-methyl/N-ethyl adjacent to an activating group) is 1. The van der Waals surface area contributed by atoms with Crippen molar-refractivity contribution in [2.45, 2.75) is 11.3 Å². The molecule has 11 nitrogen and oxygen atoms in total. The van der Waals surface area contributed by atoms with Gasteiger partial charge in [-0.3, -0.25) is 14.6 Å². The number of aromatic amines is 1. The van der Waals surface area contributed by atoms with Crippen molar-refractivity contribution in [3.63, 3.8) is 0 Å². The van der Waals surface area contributed by atoms with Crippen molar-refractivity contribution >= 4 is 32.7 Å². The number of fused-ring (bicyclic) bond motifs is 1. The molecule has 34 heavy (non-hydrogen) atoms. The molecule has 1 aliphatic rings. The third-order valence-electron chi connectivity index (χ3n) is 5.79. The van der Waals surface area contributed by atoms with E-state index in [0.717, 1.165) is 0 Å². The molecule has 1 aliphatic heterocycles. The number of amides is 2. The van der Waals surface area contributed by atoms with Gasteiger partial charge in [-0.05, 0) is 37.4 Å². The first-order valence-corrected chi connectivity index (χ1v) is 12.2.